The molecule has 0 aromatic carbocycles. The summed E-state index contributed by atoms with van der Waals surface area (Å²) in [5, 5.41) is 2.19. The minimum Gasteiger partial charge on any atom is -0.377 e. The summed E-state index contributed by atoms with van der Waals surface area (Å²) in [5.74, 6) is 0. The minimum atomic E-state index is -2.46. The lowest BCUT2D eigenvalue weighted by molar-refractivity contribution is 0.113. The highest BCUT2D eigenvalue weighted by atomic mass is 33.5. The topological polar surface area (TPSA) is 27.7 Å². The third-order valence-corrected chi connectivity index (χ3v) is 9.31. The van der Waals surface area contributed by atoms with Gasteiger partial charge in [0.05, 0.1) is 0 Å². The summed E-state index contributed by atoms with van der Waals surface area (Å²) in [6.07, 6.45) is 0.965. The van der Waals surface area contributed by atoms with Gasteiger partial charge in [-0.3, -0.25) is 0 Å². The largest absolute Gasteiger partial charge is 0.503 e. The zero-order valence-electron chi connectivity index (χ0n) is 9.31. The second kappa shape index (κ2) is 6.58. The molecule has 1 aliphatic heterocycles. The van der Waals surface area contributed by atoms with Crippen LogP contribution >= 0.6 is 31.4 Å². The van der Waals surface area contributed by atoms with Gasteiger partial charge in [-0.25, -0.2) is 0 Å². The van der Waals surface area contributed by atoms with Crippen LogP contribution in [0.4, 0.5) is 0 Å². The maximum atomic E-state index is 5.45. The number of hydrogen-bond acceptors (Lipinski definition) is 6. The van der Waals surface area contributed by atoms with Crippen LogP contribution in [-0.2, 0) is 13.3 Å². The van der Waals surface area contributed by atoms with Gasteiger partial charge in [0.1, 0.15) is 0 Å². The van der Waals surface area contributed by atoms with Gasteiger partial charge < -0.3 is 13.3 Å². The van der Waals surface area contributed by atoms with E-state index in [4.69, 9.17) is 13.3 Å². The van der Waals surface area contributed by atoms with Crippen molar-refractivity contribution in [1.82, 2.24) is 0 Å². The van der Waals surface area contributed by atoms with E-state index >= 15 is 0 Å². The fourth-order valence-corrected chi connectivity index (χ4v) is 7.91. The summed E-state index contributed by atoms with van der Waals surface area (Å²) in [6.45, 7) is 2.12. The Morgan fingerprint density at radius 1 is 1.27 bits per heavy atom. The second-order valence-electron chi connectivity index (χ2n) is 3.15. The summed E-state index contributed by atoms with van der Waals surface area (Å²) in [7, 11) is 7.90. The number of allylic oxidation sites excluding steroid dienone is 1. The molecule has 0 aliphatic carbocycles. The molecule has 0 aromatic rings. The Bertz CT molecular complexity index is 225. The van der Waals surface area contributed by atoms with E-state index in [0.29, 0.717) is 0 Å². The summed E-state index contributed by atoms with van der Waals surface area (Å²) in [4.78, 5) is 1.38. The lowest BCUT2D eigenvalue weighted by atomic mass is 10.3. The summed E-state index contributed by atoms with van der Waals surface area (Å²) >= 11 is 0. The molecule has 88 valence electrons. The second-order valence-corrected chi connectivity index (χ2v) is 10.5. The smallest absolute Gasteiger partial charge is 0.377 e. The summed E-state index contributed by atoms with van der Waals surface area (Å²) in [5.41, 5.74) is 0.288. The van der Waals surface area contributed by atoms with Gasteiger partial charge in [-0.05, 0) is 32.4 Å². The Balaban J connectivity index is 2.59. The molecule has 0 saturated carbocycles. The zero-order chi connectivity index (χ0) is 11.3. The first-order chi connectivity index (χ1) is 7.18. The van der Waals surface area contributed by atoms with E-state index in [0.717, 1.165) is 6.42 Å². The predicted octanol–water partition coefficient (Wildman–Crippen LogP) is 3.53. The quantitative estimate of drug-likeness (QED) is 0.547. The number of rotatable bonds is 6. The minimum absolute atomic E-state index is 0.288. The molecule has 7 heteroatoms. The van der Waals surface area contributed by atoms with Gasteiger partial charge in [0.15, 0.2) is 0 Å². The van der Waals surface area contributed by atoms with Crippen LogP contribution in [0.1, 0.15) is 13.3 Å². The van der Waals surface area contributed by atoms with Gasteiger partial charge in [-0.2, -0.15) is 0 Å². The SMILES string of the molecule is CO[Si](OC)(OC)C(C)CC1=CSSS1. The monoisotopic (exact) mass is 284 g/mol. The van der Waals surface area contributed by atoms with Gasteiger partial charge in [-0.15, -0.1) is 0 Å². The van der Waals surface area contributed by atoms with Crippen molar-refractivity contribution < 1.29 is 13.3 Å². The van der Waals surface area contributed by atoms with E-state index in [-0.39, 0.29) is 5.54 Å². The van der Waals surface area contributed by atoms with E-state index in [1.807, 2.05) is 10.8 Å². The van der Waals surface area contributed by atoms with E-state index in [2.05, 4.69) is 12.3 Å². The summed E-state index contributed by atoms with van der Waals surface area (Å²) < 4.78 is 16.4. The fourth-order valence-electron chi connectivity index (χ4n) is 1.52. The van der Waals surface area contributed by atoms with Crippen LogP contribution in [0.5, 0.6) is 0 Å². The molecule has 3 nitrogen and oxygen atoms in total. The first-order valence-corrected chi connectivity index (χ1v) is 9.88. The van der Waals surface area contributed by atoms with Crippen molar-refractivity contribution >= 4 is 40.2 Å². The van der Waals surface area contributed by atoms with Crippen molar-refractivity contribution in [2.24, 2.45) is 0 Å². The zero-order valence-corrected chi connectivity index (χ0v) is 12.8. The van der Waals surface area contributed by atoms with Crippen molar-refractivity contribution in [3.05, 3.63) is 10.3 Å². The highest BCUT2D eigenvalue weighted by molar-refractivity contribution is 9.11. The van der Waals surface area contributed by atoms with Gasteiger partial charge in [0, 0.05) is 31.8 Å². The molecule has 1 heterocycles. The van der Waals surface area contributed by atoms with Crippen LogP contribution in [0, 0.1) is 0 Å². The molecule has 0 bridgehead atoms. The molecule has 0 radical (unpaired) electrons. The number of hydrogen-bond donors (Lipinski definition) is 0. The van der Waals surface area contributed by atoms with Crippen molar-refractivity contribution in [2.75, 3.05) is 21.3 Å². The molecule has 1 unspecified atom stereocenters. The van der Waals surface area contributed by atoms with E-state index in [9.17, 15) is 0 Å². The van der Waals surface area contributed by atoms with Crippen LogP contribution < -0.4 is 0 Å². The Hall–Kier alpha value is 0.887. The van der Waals surface area contributed by atoms with E-state index in [1.165, 1.54) is 4.91 Å². The standard InChI is InChI=1S/C8H16O3S3Si/c1-7(5-8-6-12-14-13-8)15(9-2,10-3)11-4/h6-7H,5H2,1-4H3. The molecule has 0 N–H and O–H groups in total. The third-order valence-electron chi connectivity index (χ3n) is 2.32. The fraction of sp³-hybridized carbons (Fsp3) is 0.750. The van der Waals surface area contributed by atoms with Crippen LogP contribution in [0.25, 0.3) is 0 Å². The summed E-state index contributed by atoms with van der Waals surface area (Å²) in [6, 6.07) is 0. The molecule has 15 heavy (non-hydrogen) atoms. The maximum absolute atomic E-state index is 5.45. The van der Waals surface area contributed by atoms with Crippen molar-refractivity contribution in [1.29, 1.82) is 0 Å². The normalized spacial score (nSPS) is 19.1. The van der Waals surface area contributed by atoms with Crippen LogP contribution in [0.2, 0.25) is 5.54 Å². The first kappa shape index (κ1) is 13.9. The molecule has 0 aromatic heterocycles. The lowest BCUT2D eigenvalue weighted by Gasteiger charge is -2.30. The highest BCUT2D eigenvalue weighted by Gasteiger charge is 2.44. The van der Waals surface area contributed by atoms with Gasteiger partial charge >= 0.3 is 8.80 Å². The molecule has 0 saturated heterocycles. The Morgan fingerprint density at radius 3 is 2.27 bits per heavy atom. The van der Waals surface area contributed by atoms with Gasteiger partial charge in [-0.1, -0.05) is 17.7 Å². The van der Waals surface area contributed by atoms with Crippen LogP contribution in [-0.4, -0.2) is 30.1 Å². The molecular weight excluding hydrogens is 268 g/mol. The average molecular weight is 284 g/mol. The van der Waals surface area contributed by atoms with Crippen molar-refractivity contribution in [3.63, 3.8) is 0 Å². The Kier molecular flexibility index (Phi) is 6.12. The van der Waals surface area contributed by atoms with E-state index < -0.39 is 8.80 Å². The van der Waals surface area contributed by atoms with Gasteiger partial charge in [0.25, 0.3) is 0 Å². The average Bonchev–Trinajstić information content (AvgIpc) is 2.74. The van der Waals surface area contributed by atoms with Crippen molar-refractivity contribution in [2.45, 2.75) is 18.9 Å². The maximum Gasteiger partial charge on any atom is 0.503 e. The molecule has 1 atom stereocenters. The molecule has 1 rings (SSSR count). The third kappa shape index (κ3) is 3.42. The van der Waals surface area contributed by atoms with Crippen molar-refractivity contribution in [3.8, 4) is 0 Å². The molecule has 0 fully saturated rings. The molecular formula is C8H16O3S3Si. The Labute approximate surface area is 104 Å². The lowest BCUT2D eigenvalue weighted by Crippen LogP contribution is -2.46. The van der Waals surface area contributed by atoms with Crippen LogP contribution in [0.3, 0.4) is 0 Å². The molecule has 0 spiro atoms. The highest BCUT2D eigenvalue weighted by Crippen LogP contribution is 2.51. The Morgan fingerprint density at radius 2 is 1.87 bits per heavy atom. The van der Waals surface area contributed by atoms with Crippen LogP contribution in [0.15, 0.2) is 10.3 Å². The molecule has 1 aliphatic rings. The van der Waals surface area contributed by atoms with E-state index in [1.54, 1.807) is 41.9 Å². The first-order valence-electron chi connectivity index (χ1n) is 4.53. The molecule has 0 amide bonds. The van der Waals surface area contributed by atoms with Gasteiger partial charge in [0.2, 0.25) is 0 Å². The predicted molar refractivity (Wildman–Crippen MR) is 71.7 cm³/mol.